The Bertz CT molecular complexity index is 465. The molecule has 1 atom stereocenters. The number of aryl methyl sites for hydroxylation is 1. The lowest BCUT2D eigenvalue weighted by atomic mass is 10.0. The Kier molecular flexibility index (Phi) is 4.42. The Morgan fingerprint density at radius 3 is 2.72 bits per heavy atom. The van der Waals surface area contributed by atoms with Crippen LogP contribution in [0.25, 0.3) is 0 Å². The van der Waals surface area contributed by atoms with Crippen molar-refractivity contribution in [2.24, 2.45) is 0 Å². The van der Waals surface area contributed by atoms with Crippen LogP contribution in [-0.4, -0.2) is 14.2 Å². The molecule has 1 aromatic heterocycles. The van der Waals surface area contributed by atoms with E-state index in [0.29, 0.717) is 0 Å². The summed E-state index contributed by atoms with van der Waals surface area (Å²) in [6.07, 6.45) is 3.60. The summed E-state index contributed by atoms with van der Waals surface area (Å²) in [5, 5.41) is 3.33. The molecule has 1 N–H and O–H groups in total. The Hall–Kier alpha value is -1.74. The molecule has 0 fully saturated rings. The van der Waals surface area contributed by atoms with Crippen molar-refractivity contribution in [2.75, 3.05) is 14.2 Å². The molecule has 96 valence electrons. The monoisotopic (exact) mass is 245 g/mol. The summed E-state index contributed by atoms with van der Waals surface area (Å²) in [5.74, 6) is 1.95. The Morgan fingerprint density at radius 2 is 2.06 bits per heavy atom. The third-order valence-corrected chi connectivity index (χ3v) is 3.12. The van der Waals surface area contributed by atoms with E-state index in [0.717, 1.165) is 24.4 Å². The highest BCUT2D eigenvalue weighted by Gasteiger charge is 2.14. The number of nitrogens with one attached hydrogen (secondary N) is 1. The van der Waals surface area contributed by atoms with Crippen LogP contribution in [0.4, 0.5) is 0 Å². The topological polar surface area (TPSA) is 34.4 Å². The number of methoxy groups -OCH3 is 1. The molecule has 0 bridgehead atoms. The van der Waals surface area contributed by atoms with Crippen LogP contribution < -0.4 is 10.1 Å². The number of furan rings is 1. The van der Waals surface area contributed by atoms with Crippen molar-refractivity contribution in [3.05, 3.63) is 54.0 Å². The van der Waals surface area contributed by atoms with Crippen molar-refractivity contribution in [1.29, 1.82) is 0 Å². The molecule has 3 heteroatoms. The smallest absolute Gasteiger partial charge is 0.123 e. The van der Waals surface area contributed by atoms with Gasteiger partial charge in [0, 0.05) is 18.0 Å². The zero-order chi connectivity index (χ0) is 12.8. The van der Waals surface area contributed by atoms with Gasteiger partial charge in [-0.1, -0.05) is 18.2 Å². The van der Waals surface area contributed by atoms with Gasteiger partial charge in [-0.2, -0.15) is 0 Å². The van der Waals surface area contributed by atoms with Crippen molar-refractivity contribution in [3.8, 4) is 5.75 Å². The van der Waals surface area contributed by atoms with E-state index >= 15 is 0 Å². The molecule has 0 aliphatic heterocycles. The van der Waals surface area contributed by atoms with Crippen molar-refractivity contribution in [1.82, 2.24) is 5.32 Å². The standard InChI is InChI=1S/C15H19NO2/c1-16-14(10-9-12-6-5-11-18-12)13-7-3-4-8-15(13)17-2/h3-8,11,14,16H,9-10H2,1-2H3. The fraction of sp³-hybridized carbons (Fsp3) is 0.333. The van der Waals surface area contributed by atoms with E-state index < -0.39 is 0 Å². The minimum Gasteiger partial charge on any atom is -0.496 e. The predicted octanol–water partition coefficient (Wildman–Crippen LogP) is 3.18. The van der Waals surface area contributed by atoms with Gasteiger partial charge in [0.1, 0.15) is 11.5 Å². The summed E-state index contributed by atoms with van der Waals surface area (Å²) in [6.45, 7) is 0. The number of para-hydroxylation sites is 1. The van der Waals surface area contributed by atoms with Gasteiger partial charge >= 0.3 is 0 Å². The van der Waals surface area contributed by atoms with E-state index in [1.54, 1.807) is 13.4 Å². The zero-order valence-electron chi connectivity index (χ0n) is 10.8. The summed E-state index contributed by atoms with van der Waals surface area (Å²) in [6, 6.07) is 12.3. The Balaban J connectivity index is 2.08. The van der Waals surface area contributed by atoms with Gasteiger partial charge in [-0.05, 0) is 31.7 Å². The Labute approximate surface area is 108 Å². The van der Waals surface area contributed by atoms with Crippen molar-refractivity contribution in [2.45, 2.75) is 18.9 Å². The quantitative estimate of drug-likeness (QED) is 0.848. The first-order valence-electron chi connectivity index (χ1n) is 6.17. The molecule has 1 heterocycles. The van der Waals surface area contributed by atoms with E-state index in [-0.39, 0.29) is 6.04 Å². The summed E-state index contributed by atoms with van der Waals surface area (Å²) in [7, 11) is 3.68. The van der Waals surface area contributed by atoms with Crippen LogP contribution in [0.3, 0.4) is 0 Å². The second kappa shape index (κ2) is 6.26. The highest BCUT2D eigenvalue weighted by Crippen LogP contribution is 2.27. The van der Waals surface area contributed by atoms with Gasteiger partial charge in [0.15, 0.2) is 0 Å². The normalized spacial score (nSPS) is 12.3. The molecule has 0 saturated carbocycles. The second-order valence-electron chi connectivity index (χ2n) is 4.20. The summed E-state index contributed by atoms with van der Waals surface area (Å²) in [5.41, 5.74) is 1.19. The molecule has 1 aromatic carbocycles. The average Bonchev–Trinajstić information content (AvgIpc) is 2.93. The molecule has 0 spiro atoms. The Morgan fingerprint density at radius 1 is 1.22 bits per heavy atom. The summed E-state index contributed by atoms with van der Waals surface area (Å²) in [4.78, 5) is 0. The lowest BCUT2D eigenvalue weighted by molar-refractivity contribution is 0.396. The maximum Gasteiger partial charge on any atom is 0.123 e. The van der Waals surface area contributed by atoms with Crippen molar-refractivity contribution >= 4 is 0 Å². The van der Waals surface area contributed by atoms with E-state index in [1.807, 2.05) is 37.4 Å². The first-order valence-corrected chi connectivity index (χ1v) is 6.17. The fourth-order valence-electron chi connectivity index (χ4n) is 2.15. The largest absolute Gasteiger partial charge is 0.496 e. The first-order chi connectivity index (χ1) is 8.85. The van der Waals surface area contributed by atoms with E-state index in [2.05, 4.69) is 11.4 Å². The number of benzene rings is 1. The lowest BCUT2D eigenvalue weighted by Gasteiger charge is -2.18. The predicted molar refractivity (Wildman–Crippen MR) is 71.8 cm³/mol. The molecule has 0 amide bonds. The maximum atomic E-state index is 5.40. The maximum absolute atomic E-state index is 5.40. The van der Waals surface area contributed by atoms with Gasteiger partial charge in [0.05, 0.1) is 13.4 Å². The molecular formula is C15H19NO2. The molecule has 2 aromatic rings. The lowest BCUT2D eigenvalue weighted by Crippen LogP contribution is -2.17. The van der Waals surface area contributed by atoms with Crippen LogP contribution in [0.2, 0.25) is 0 Å². The van der Waals surface area contributed by atoms with Gasteiger partial charge in [0.2, 0.25) is 0 Å². The van der Waals surface area contributed by atoms with E-state index in [4.69, 9.17) is 9.15 Å². The van der Waals surface area contributed by atoms with Crippen LogP contribution in [0.5, 0.6) is 5.75 Å². The van der Waals surface area contributed by atoms with Gasteiger partial charge in [-0.25, -0.2) is 0 Å². The number of rotatable bonds is 6. The third kappa shape index (κ3) is 2.93. The minimum absolute atomic E-state index is 0.270. The van der Waals surface area contributed by atoms with Crippen LogP contribution >= 0.6 is 0 Å². The average molecular weight is 245 g/mol. The fourth-order valence-corrected chi connectivity index (χ4v) is 2.15. The van der Waals surface area contributed by atoms with Gasteiger partial charge < -0.3 is 14.5 Å². The minimum atomic E-state index is 0.270. The van der Waals surface area contributed by atoms with Crippen LogP contribution in [0.1, 0.15) is 23.8 Å². The summed E-state index contributed by atoms with van der Waals surface area (Å²) >= 11 is 0. The number of hydrogen-bond donors (Lipinski definition) is 1. The van der Waals surface area contributed by atoms with Gasteiger partial charge in [-0.15, -0.1) is 0 Å². The van der Waals surface area contributed by atoms with Crippen LogP contribution in [0, 0.1) is 0 Å². The van der Waals surface area contributed by atoms with E-state index in [9.17, 15) is 0 Å². The number of ether oxygens (including phenoxy) is 1. The summed E-state index contributed by atoms with van der Waals surface area (Å²) < 4.78 is 10.8. The molecule has 0 aliphatic rings. The molecule has 1 unspecified atom stereocenters. The first kappa shape index (κ1) is 12.7. The number of hydrogen-bond acceptors (Lipinski definition) is 3. The molecule has 0 aliphatic carbocycles. The highest BCUT2D eigenvalue weighted by atomic mass is 16.5. The van der Waals surface area contributed by atoms with Crippen molar-refractivity contribution in [3.63, 3.8) is 0 Å². The van der Waals surface area contributed by atoms with E-state index in [1.165, 1.54) is 5.56 Å². The molecule has 18 heavy (non-hydrogen) atoms. The SMILES string of the molecule is CNC(CCc1ccco1)c1ccccc1OC. The van der Waals surface area contributed by atoms with Gasteiger partial charge in [0.25, 0.3) is 0 Å². The molecule has 0 radical (unpaired) electrons. The zero-order valence-corrected chi connectivity index (χ0v) is 10.8. The van der Waals surface area contributed by atoms with Gasteiger partial charge in [-0.3, -0.25) is 0 Å². The molecule has 0 saturated heterocycles. The third-order valence-electron chi connectivity index (χ3n) is 3.12. The second-order valence-corrected chi connectivity index (χ2v) is 4.20. The van der Waals surface area contributed by atoms with Crippen LogP contribution in [-0.2, 0) is 6.42 Å². The molecule has 2 rings (SSSR count). The van der Waals surface area contributed by atoms with Crippen LogP contribution in [0.15, 0.2) is 47.1 Å². The molecule has 3 nitrogen and oxygen atoms in total. The molecular weight excluding hydrogens is 226 g/mol. The van der Waals surface area contributed by atoms with Crippen molar-refractivity contribution < 1.29 is 9.15 Å². The highest BCUT2D eigenvalue weighted by molar-refractivity contribution is 5.35.